The van der Waals surface area contributed by atoms with Crippen molar-refractivity contribution in [3.63, 3.8) is 0 Å². The molecule has 0 aromatic rings. The SMILES string of the molecule is COCC1(CN2CC3(CCOCC3)C2)CC1. The van der Waals surface area contributed by atoms with Crippen LogP contribution in [0.5, 0.6) is 0 Å². The molecule has 3 rings (SSSR count). The van der Waals surface area contributed by atoms with Gasteiger partial charge in [0, 0.05) is 50.8 Å². The molecule has 0 amide bonds. The minimum atomic E-state index is 0.529. The maximum absolute atomic E-state index is 5.45. The van der Waals surface area contributed by atoms with E-state index in [0.29, 0.717) is 10.8 Å². The van der Waals surface area contributed by atoms with Crippen molar-refractivity contribution in [2.75, 3.05) is 46.6 Å². The first-order chi connectivity index (χ1) is 7.76. The first kappa shape index (κ1) is 11.0. The molecule has 0 unspecified atom stereocenters. The molecule has 0 bridgehead atoms. The molecule has 2 aliphatic heterocycles. The lowest BCUT2D eigenvalue weighted by Crippen LogP contribution is -2.59. The first-order valence-electron chi connectivity index (χ1n) is 6.55. The highest BCUT2D eigenvalue weighted by Gasteiger charge is 2.50. The molecule has 3 nitrogen and oxygen atoms in total. The van der Waals surface area contributed by atoms with Crippen molar-refractivity contribution < 1.29 is 9.47 Å². The Bertz CT molecular complexity index is 249. The highest BCUT2D eigenvalue weighted by atomic mass is 16.5. The smallest absolute Gasteiger partial charge is 0.0530 e. The molecule has 3 aliphatic rings. The lowest BCUT2D eigenvalue weighted by molar-refractivity contribution is -0.0896. The van der Waals surface area contributed by atoms with Crippen molar-refractivity contribution in [3.8, 4) is 0 Å². The standard InChI is InChI=1S/C13H23NO2/c1-15-11-13(2-3-13)10-14-8-12(9-14)4-6-16-7-5-12/h2-11H2,1H3. The quantitative estimate of drug-likeness (QED) is 0.724. The van der Waals surface area contributed by atoms with Crippen LogP contribution >= 0.6 is 0 Å². The van der Waals surface area contributed by atoms with E-state index in [-0.39, 0.29) is 0 Å². The van der Waals surface area contributed by atoms with E-state index >= 15 is 0 Å². The van der Waals surface area contributed by atoms with E-state index in [1.165, 1.54) is 45.3 Å². The Morgan fingerprint density at radius 1 is 1.12 bits per heavy atom. The van der Waals surface area contributed by atoms with Crippen LogP contribution in [0.3, 0.4) is 0 Å². The molecular formula is C13H23NO2. The van der Waals surface area contributed by atoms with Crippen molar-refractivity contribution in [2.24, 2.45) is 10.8 Å². The fraction of sp³-hybridized carbons (Fsp3) is 1.00. The summed E-state index contributed by atoms with van der Waals surface area (Å²) < 4.78 is 10.8. The third-order valence-corrected chi connectivity index (χ3v) is 4.64. The van der Waals surface area contributed by atoms with E-state index in [4.69, 9.17) is 9.47 Å². The van der Waals surface area contributed by atoms with Gasteiger partial charge < -0.3 is 14.4 Å². The van der Waals surface area contributed by atoms with Crippen molar-refractivity contribution >= 4 is 0 Å². The molecule has 2 heterocycles. The highest BCUT2D eigenvalue weighted by Crippen LogP contribution is 2.49. The molecule has 2 saturated heterocycles. The summed E-state index contributed by atoms with van der Waals surface area (Å²) in [6.45, 7) is 6.81. The third kappa shape index (κ3) is 2.01. The van der Waals surface area contributed by atoms with E-state index < -0.39 is 0 Å². The van der Waals surface area contributed by atoms with Crippen LogP contribution in [0.2, 0.25) is 0 Å². The fourth-order valence-corrected chi connectivity index (χ4v) is 3.44. The van der Waals surface area contributed by atoms with E-state index in [9.17, 15) is 0 Å². The molecule has 1 spiro atoms. The molecule has 0 radical (unpaired) electrons. The Balaban J connectivity index is 1.46. The summed E-state index contributed by atoms with van der Waals surface area (Å²) in [6, 6.07) is 0. The van der Waals surface area contributed by atoms with Gasteiger partial charge in [-0.25, -0.2) is 0 Å². The van der Waals surface area contributed by atoms with Gasteiger partial charge in [0.25, 0.3) is 0 Å². The predicted molar refractivity (Wildman–Crippen MR) is 62.5 cm³/mol. The number of nitrogens with zero attached hydrogens (tertiary/aromatic N) is 1. The minimum absolute atomic E-state index is 0.529. The summed E-state index contributed by atoms with van der Waals surface area (Å²) in [7, 11) is 1.83. The first-order valence-corrected chi connectivity index (χ1v) is 6.55. The average Bonchev–Trinajstić information content (AvgIpc) is 2.98. The van der Waals surface area contributed by atoms with Gasteiger partial charge in [-0.15, -0.1) is 0 Å². The number of methoxy groups -OCH3 is 1. The molecule has 1 saturated carbocycles. The second kappa shape index (κ2) is 3.97. The largest absolute Gasteiger partial charge is 0.384 e. The van der Waals surface area contributed by atoms with Crippen molar-refractivity contribution in [1.82, 2.24) is 4.90 Å². The molecule has 1 aliphatic carbocycles. The summed E-state index contributed by atoms with van der Waals surface area (Å²) in [5.74, 6) is 0. The van der Waals surface area contributed by atoms with Crippen LogP contribution in [0, 0.1) is 10.8 Å². The molecule has 92 valence electrons. The molecule has 3 heteroatoms. The van der Waals surface area contributed by atoms with E-state index in [0.717, 1.165) is 19.8 Å². The Morgan fingerprint density at radius 2 is 1.81 bits per heavy atom. The lowest BCUT2D eigenvalue weighted by atomic mass is 9.73. The van der Waals surface area contributed by atoms with Crippen LogP contribution in [0.4, 0.5) is 0 Å². The van der Waals surface area contributed by atoms with Gasteiger partial charge in [0.1, 0.15) is 0 Å². The third-order valence-electron chi connectivity index (χ3n) is 4.64. The predicted octanol–water partition coefficient (Wildman–Crippen LogP) is 1.53. The van der Waals surface area contributed by atoms with Gasteiger partial charge in [0.2, 0.25) is 0 Å². The maximum Gasteiger partial charge on any atom is 0.0530 e. The van der Waals surface area contributed by atoms with Gasteiger partial charge >= 0.3 is 0 Å². The van der Waals surface area contributed by atoms with Crippen LogP contribution in [0.15, 0.2) is 0 Å². The Kier molecular flexibility index (Phi) is 2.73. The van der Waals surface area contributed by atoms with Crippen molar-refractivity contribution in [3.05, 3.63) is 0 Å². The van der Waals surface area contributed by atoms with Gasteiger partial charge in [0.05, 0.1) is 6.61 Å². The maximum atomic E-state index is 5.45. The van der Waals surface area contributed by atoms with Crippen LogP contribution in [0.25, 0.3) is 0 Å². The summed E-state index contributed by atoms with van der Waals surface area (Å²) in [6.07, 6.45) is 5.29. The summed E-state index contributed by atoms with van der Waals surface area (Å²) >= 11 is 0. The van der Waals surface area contributed by atoms with Gasteiger partial charge in [0.15, 0.2) is 0 Å². The molecule has 0 aromatic heterocycles. The van der Waals surface area contributed by atoms with E-state index in [2.05, 4.69) is 4.90 Å². The Hall–Kier alpha value is -0.120. The Labute approximate surface area is 98.1 Å². The second-order valence-electron chi connectivity index (χ2n) is 6.19. The summed E-state index contributed by atoms with van der Waals surface area (Å²) in [5.41, 5.74) is 1.16. The molecule has 0 aromatic carbocycles. The van der Waals surface area contributed by atoms with Gasteiger partial charge in [-0.3, -0.25) is 0 Å². The van der Waals surface area contributed by atoms with Gasteiger partial charge in [-0.1, -0.05) is 0 Å². The summed E-state index contributed by atoms with van der Waals surface area (Å²) in [4.78, 5) is 2.64. The zero-order valence-corrected chi connectivity index (χ0v) is 10.3. The normalized spacial score (nSPS) is 31.3. The number of rotatable bonds is 4. The van der Waals surface area contributed by atoms with Gasteiger partial charge in [-0.2, -0.15) is 0 Å². The molecule has 0 atom stereocenters. The molecular weight excluding hydrogens is 202 g/mol. The topological polar surface area (TPSA) is 21.7 Å². The lowest BCUT2D eigenvalue weighted by Gasteiger charge is -2.53. The summed E-state index contributed by atoms with van der Waals surface area (Å²) in [5, 5.41) is 0. The number of hydrogen-bond donors (Lipinski definition) is 0. The highest BCUT2D eigenvalue weighted by molar-refractivity contribution is 5.02. The van der Waals surface area contributed by atoms with Crippen molar-refractivity contribution in [2.45, 2.75) is 25.7 Å². The second-order valence-corrected chi connectivity index (χ2v) is 6.19. The number of likely N-dealkylation sites (tertiary alicyclic amines) is 1. The van der Waals surface area contributed by atoms with Crippen LogP contribution in [-0.4, -0.2) is 51.5 Å². The molecule has 0 N–H and O–H groups in total. The van der Waals surface area contributed by atoms with Gasteiger partial charge in [-0.05, 0) is 25.7 Å². The zero-order valence-electron chi connectivity index (χ0n) is 10.3. The van der Waals surface area contributed by atoms with Crippen LogP contribution in [-0.2, 0) is 9.47 Å². The van der Waals surface area contributed by atoms with Crippen molar-refractivity contribution in [1.29, 1.82) is 0 Å². The zero-order chi connectivity index (χ0) is 11.1. The fourth-order valence-electron chi connectivity index (χ4n) is 3.44. The monoisotopic (exact) mass is 225 g/mol. The van der Waals surface area contributed by atoms with E-state index in [1.807, 2.05) is 7.11 Å². The Morgan fingerprint density at radius 3 is 2.38 bits per heavy atom. The minimum Gasteiger partial charge on any atom is -0.384 e. The number of hydrogen-bond acceptors (Lipinski definition) is 3. The van der Waals surface area contributed by atoms with Crippen LogP contribution < -0.4 is 0 Å². The van der Waals surface area contributed by atoms with Crippen LogP contribution in [0.1, 0.15) is 25.7 Å². The average molecular weight is 225 g/mol. The molecule has 16 heavy (non-hydrogen) atoms. The number of ether oxygens (including phenoxy) is 2. The van der Waals surface area contributed by atoms with E-state index in [1.54, 1.807) is 0 Å². The molecule has 3 fully saturated rings.